The predicted octanol–water partition coefficient (Wildman–Crippen LogP) is 2.59. The van der Waals surface area contributed by atoms with E-state index in [1.807, 2.05) is 46.6 Å². The van der Waals surface area contributed by atoms with E-state index >= 15 is 0 Å². The lowest BCUT2D eigenvalue weighted by Crippen LogP contribution is -1.91. The van der Waals surface area contributed by atoms with Gasteiger partial charge in [0.2, 0.25) is 5.82 Å². The molecule has 0 unspecified atom stereocenters. The van der Waals surface area contributed by atoms with E-state index in [-0.39, 0.29) is 0 Å². The third kappa shape index (κ3) is 1.37. The lowest BCUT2D eigenvalue weighted by Gasteiger charge is -1.96. The van der Waals surface area contributed by atoms with Crippen molar-refractivity contribution in [2.45, 2.75) is 0 Å². The van der Waals surface area contributed by atoms with Crippen molar-refractivity contribution in [1.29, 1.82) is 0 Å². The minimum absolute atomic E-state index is 0.724. The summed E-state index contributed by atoms with van der Waals surface area (Å²) in [6.45, 7) is 0. The van der Waals surface area contributed by atoms with Gasteiger partial charge in [0.1, 0.15) is 0 Å². The topological polar surface area (TPSA) is 43.9 Å². The molecule has 0 aliphatic carbocycles. The maximum atomic E-state index is 4.78. The molecule has 3 aromatic rings. The van der Waals surface area contributed by atoms with E-state index in [2.05, 4.69) is 10.3 Å². The van der Waals surface area contributed by atoms with Crippen LogP contribution >= 0.6 is 11.3 Å². The van der Waals surface area contributed by atoms with Crippen LogP contribution in [0.2, 0.25) is 0 Å². The van der Waals surface area contributed by atoms with E-state index in [9.17, 15) is 0 Å². The van der Waals surface area contributed by atoms with Gasteiger partial charge in [0.25, 0.3) is 0 Å². The maximum absolute atomic E-state index is 4.78. The molecule has 0 spiro atoms. The predicted molar refractivity (Wildman–Crippen MR) is 56.9 cm³/mol. The summed E-state index contributed by atoms with van der Waals surface area (Å²) in [4.78, 5) is 1.06. The molecule has 5 heteroatoms. The van der Waals surface area contributed by atoms with Crippen LogP contribution in [0.1, 0.15) is 0 Å². The highest BCUT2D eigenvalue weighted by Crippen LogP contribution is 2.27. The van der Waals surface area contributed by atoms with Gasteiger partial charge in [-0.05, 0) is 33.9 Å². The van der Waals surface area contributed by atoms with Crippen LogP contribution in [-0.2, 0) is 0 Å². The molecule has 0 saturated heterocycles. The Morgan fingerprint density at radius 1 is 1.13 bits per heavy atom. The van der Waals surface area contributed by atoms with E-state index in [1.54, 1.807) is 11.3 Å². The van der Waals surface area contributed by atoms with Gasteiger partial charge in [0.05, 0.1) is 4.88 Å². The molecule has 74 valence electrons. The van der Waals surface area contributed by atoms with E-state index in [0.717, 1.165) is 16.4 Å². The summed E-state index contributed by atoms with van der Waals surface area (Å²) in [5, 5.41) is 9.82. The molecule has 3 rings (SSSR count). The molecule has 0 saturated carbocycles. The number of hydrogen-bond donors (Lipinski definition) is 0. The Morgan fingerprint density at radius 2 is 2.00 bits per heavy atom. The first-order valence-corrected chi connectivity index (χ1v) is 5.33. The molecule has 0 amide bonds. The molecular weight excluding hydrogens is 210 g/mol. The third-order valence-corrected chi connectivity index (χ3v) is 2.95. The Bertz CT molecular complexity index is 490. The third-order valence-electron chi connectivity index (χ3n) is 2.07. The van der Waals surface area contributed by atoms with Crippen molar-refractivity contribution in [3.8, 4) is 16.4 Å². The van der Waals surface area contributed by atoms with Gasteiger partial charge in [-0.25, -0.2) is 4.63 Å². The number of hydrogen-bond acceptors (Lipinski definition) is 4. The molecule has 3 aromatic heterocycles. The molecule has 0 radical (unpaired) electrons. The number of thiophene rings is 1. The molecule has 4 nitrogen and oxygen atoms in total. The Morgan fingerprint density at radius 3 is 2.73 bits per heavy atom. The normalized spacial score (nSPS) is 10.7. The standard InChI is InChI=1S/C10H7N3OS/c1-2-6-13(5-1)10-9(11-14-12-10)8-4-3-7-15-8/h1-7H. The smallest absolute Gasteiger partial charge is 0.210 e. The number of nitrogens with zero attached hydrogens (tertiary/aromatic N) is 3. The lowest BCUT2D eigenvalue weighted by molar-refractivity contribution is 0.307. The van der Waals surface area contributed by atoms with Crippen molar-refractivity contribution in [2.75, 3.05) is 0 Å². The quantitative estimate of drug-likeness (QED) is 0.662. The van der Waals surface area contributed by atoms with Gasteiger partial charge in [-0.2, -0.15) is 0 Å². The second kappa shape index (κ2) is 3.36. The summed E-state index contributed by atoms with van der Waals surface area (Å²) in [6.07, 6.45) is 3.83. The Labute approximate surface area is 89.7 Å². The van der Waals surface area contributed by atoms with E-state index in [1.165, 1.54) is 0 Å². The Hall–Kier alpha value is -1.88. The zero-order valence-electron chi connectivity index (χ0n) is 7.70. The molecule has 0 aliphatic heterocycles. The van der Waals surface area contributed by atoms with Crippen LogP contribution in [0.4, 0.5) is 0 Å². The van der Waals surface area contributed by atoms with E-state index in [4.69, 9.17) is 4.63 Å². The second-order valence-corrected chi connectivity index (χ2v) is 3.95. The summed E-state index contributed by atoms with van der Waals surface area (Å²) < 4.78 is 6.66. The van der Waals surface area contributed by atoms with Crippen molar-refractivity contribution in [2.24, 2.45) is 0 Å². The summed E-state index contributed by atoms with van der Waals surface area (Å²) in [6, 6.07) is 7.85. The fourth-order valence-electron chi connectivity index (χ4n) is 1.40. The van der Waals surface area contributed by atoms with Crippen LogP contribution in [0.15, 0.2) is 46.7 Å². The van der Waals surface area contributed by atoms with Crippen molar-refractivity contribution >= 4 is 11.3 Å². The highest BCUT2D eigenvalue weighted by Gasteiger charge is 2.13. The zero-order chi connectivity index (χ0) is 10.1. The minimum Gasteiger partial charge on any atom is -0.304 e. The van der Waals surface area contributed by atoms with Gasteiger partial charge < -0.3 is 4.57 Å². The molecule has 0 bridgehead atoms. The molecule has 0 N–H and O–H groups in total. The second-order valence-electron chi connectivity index (χ2n) is 3.00. The van der Waals surface area contributed by atoms with Crippen molar-refractivity contribution in [1.82, 2.24) is 14.9 Å². The highest BCUT2D eigenvalue weighted by molar-refractivity contribution is 7.13. The first kappa shape index (κ1) is 8.43. The van der Waals surface area contributed by atoms with Crippen molar-refractivity contribution < 1.29 is 4.63 Å². The molecule has 15 heavy (non-hydrogen) atoms. The zero-order valence-corrected chi connectivity index (χ0v) is 8.52. The SMILES string of the molecule is c1csc(-c2nonc2-n2cccc2)c1. The van der Waals surface area contributed by atoms with Crippen LogP contribution in [0.25, 0.3) is 16.4 Å². The average Bonchev–Trinajstić information content (AvgIpc) is 3.01. The Balaban J connectivity index is 2.15. The van der Waals surface area contributed by atoms with Gasteiger partial charge in [0.15, 0.2) is 5.69 Å². The lowest BCUT2D eigenvalue weighted by atomic mass is 10.3. The molecular formula is C10H7N3OS. The van der Waals surface area contributed by atoms with Crippen LogP contribution < -0.4 is 0 Å². The molecule has 0 fully saturated rings. The first-order valence-electron chi connectivity index (χ1n) is 4.45. The molecule has 3 heterocycles. The first-order chi connectivity index (χ1) is 7.45. The van der Waals surface area contributed by atoms with Gasteiger partial charge in [-0.15, -0.1) is 11.3 Å². The Kier molecular flexibility index (Phi) is 1.89. The molecule has 0 aliphatic rings. The maximum Gasteiger partial charge on any atom is 0.210 e. The van der Waals surface area contributed by atoms with E-state index in [0.29, 0.717) is 0 Å². The van der Waals surface area contributed by atoms with Crippen LogP contribution in [0, 0.1) is 0 Å². The van der Waals surface area contributed by atoms with Gasteiger partial charge in [0, 0.05) is 12.4 Å². The number of rotatable bonds is 2. The molecule has 0 aromatic carbocycles. The molecule has 0 atom stereocenters. The average molecular weight is 217 g/mol. The highest BCUT2D eigenvalue weighted by atomic mass is 32.1. The fraction of sp³-hybridized carbons (Fsp3) is 0. The van der Waals surface area contributed by atoms with Crippen LogP contribution in [-0.4, -0.2) is 14.9 Å². The van der Waals surface area contributed by atoms with Gasteiger partial charge in [-0.3, -0.25) is 0 Å². The van der Waals surface area contributed by atoms with Gasteiger partial charge in [-0.1, -0.05) is 6.07 Å². The summed E-state index contributed by atoms with van der Waals surface area (Å²) >= 11 is 1.62. The van der Waals surface area contributed by atoms with Crippen LogP contribution in [0.3, 0.4) is 0 Å². The summed E-state index contributed by atoms with van der Waals surface area (Å²) in [7, 11) is 0. The number of aromatic nitrogens is 3. The van der Waals surface area contributed by atoms with Crippen molar-refractivity contribution in [3.63, 3.8) is 0 Å². The van der Waals surface area contributed by atoms with Crippen molar-refractivity contribution in [3.05, 3.63) is 42.0 Å². The minimum atomic E-state index is 0.724. The monoisotopic (exact) mass is 217 g/mol. The van der Waals surface area contributed by atoms with E-state index < -0.39 is 0 Å². The fourth-order valence-corrected chi connectivity index (χ4v) is 2.10. The summed E-state index contributed by atoms with van der Waals surface area (Å²) in [5.74, 6) is 0.724. The van der Waals surface area contributed by atoms with Gasteiger partial charge >= 0.3 is 0 Å². The van der Waals surface area contributed by atoms with Crippen LogP contribution in [0.5, 0.6) is 0 Å². The summed E-state index contributed by atoms with van der Waals surface area (Å²) in [5.41, 5.74) is 0.779. The largest absolute Gasteiger partial charge is 0.304 e.